The van der Waals surface area contributed by atoms with Gasteiger partial charge in [0.25, 0.3) is 0 Å². The van der Waals surface area contributed by atoms with Crippen LogP contribution in [0.5, 0.6) is 0 Å². The molecule has 2 aromatic heterocycles. The molecule has 0 atom stereocenters. The molecule has 0 amide bonds. The van der Waals surface area contributed by atoms with Crippen LogP contribution in [0.4, 0.5) is 0 Å². The maximum absolute atomic E-state index is 5.86. The molecule has 0 spiro atoms. The molecule has 4 nitrogen and oxygen atoms in total. The van der Waals surface area contributed by atoms with E-state index in [1.54, 1.807) is 12.4 Å². The number of hydrogen-bond donors (Lipinski definition) is 0. The summed E-state index contributed by atoms with van der Waals surface area (Å²) in [6.07, 6.45) is 9.23. The van der Waals surface area contributed by atoms with Crippen molar-refractivity contribution in [3.05, 3.63) is 35.4 Å². The molecule has 0 aliphatic carbocycles. The van der Waals surface area contributed by atoms with Crippen molar-refractivity contribution in [1.82, 2.24) is 19.1 Å². The fourth-order valence-corrected chi connectivity index (χ4v) is 1.91. The third-order valence-corrected chi connectivity index (χ3v) is 3.01. The highest BCUT2D eigenvalue weighted by molar-refractivity contribution is 6.28. The van der Waals surface area contributed by atoms with Crippen LogP contribution in [0.3, 0.4) is 0 Å². The van der Waals surface area contributed by atoms with Gasteiger partial charge in [-0.3, -0.25) is 0 Å². The molecular weight excluding hydrogens is 247 g/mol. The second-order valence-corrected chi connectivity index (χ2v) is 4.16. The Kier molecular flexibility index (Phi) is 3.85. The molecule has 2 heterocycles. The van der Waals surface area contributed by atoms with E-state index >= 15 is 0 Å². The number of nitrogens with zero attached hydrogens (tertiary/aromatic N) is 4. The maximum atomic E-state index is 5.86. The predicted octanol–water partition coefficient (Wildman–Crippen LogP) is 2.87. The Morgan fingerprint density at radius 1 is 0.875 bits per heavy atom. The molecule has 0 bridgehead atoms. The Morgan fingerprint density at radius 2 is 1.31 bits per heavy atom. The van der Waals surface area contributed by atoms with Crippen molar-refractivity contribution in [2.24, 2.45) is 0 Å². The van der Waals surface area contributed by atoms with Gasteiger partial charge in [0.15, 0.2) is 0 Å². The van der Waals surface area contributed by atoms with Crippen LogP contribution in [0.1, 0.15) is 12.8 Å². The molecule has 0 aromatic carbocycles. The van der Waals surface area contributed by atoms with Crippen molar-refractivity contribution in [2.75, 3.05) is 0 Å². The summed E-state index contributed by atoms with van der Waals surface area (Å²) in [5.74, 6) is 0. The van der Waals surface area contributed by atoms with Crippen LogP contribution in [-0.4, -0.2) is 19.1 Å². The zero-order chi connectivity index (χ0) is 11.4. The predicted molar refractivity (Wildman–Crippen MR) is 63.7 cm³/mol. The second kappa shape index (κ2) is 5.37. The number of aryl methyl sites for hydroxylation is 2. The summed E-state index contributed by atoms with van der Waals surface area (Å²) in [4.78, 5) is 7.90. The third kappa shape index (κ3) is 2.77. The van der Waals surface area contributed by atoms with Crippen molar-refractivity contribution >= 4 is 23.2 Å². The minimum atomic E-state index is 0.542. The number of halogens is 2. The van der Waals surface area contributed by atoms with Crippen molar-refractivity contribution in [3.8, 4) is 0 Å². The van der Waals surface area contributed by atoms with Gasteiger partial charge in [0.05, 0.1) is 0 Å². The third-order valence-electron chi connectivity index (χ3n) is 2.38. The summed E-state index contributed by atoms with van der Waals surface area (Å²) in [5.41, 5.74) is 0. The van der Waals surface area contributed by atoms with E-state index < -0.39 is 0 Å². The van der Waals surface area contributed by atoms with E-state index in [9.17, 15) is 0 Å². The lowest BCUT2D eigenvalue weighted by Crippen LogP contribution is -2.01. The van der Waals surface area contributed by atoms with E-state index in [-0.39, 0.29) is 0 Å². The van der Waals surface area contributed by atoms with Crippen LogP contribution in [-0.2, 0) is 13.1 Å². The number of imidazole rings is 2. The lowest BCUT2D eigenvalue weighted by molar-refractivity contribution is 0.553. The van der Waals surface area contributed by atoms with E-state index in [1.807, 2.05) is 21.5 Å². The summed E-state index contributed by atoms with van der Waals surface area (Å²) in [5, 5.41) is 1.08. The summed E-state index contributed by atoms with van der Waals surface area (Å²) < 4.78 is 3.86. The van der Waals surface area contributed by atoms with E-state index in [1.165, 1.54) is 0 Å². The van der Waals surface area contributed by atoms with Crippen LogP contribution in [0, 0.1) is 0 Å². The Balaban J connectivity index is 1.74. The topological polar surface area (TPSA) is 35.6 Å². The quantitative estimate of drug-likeness (QED) is 0.774. The van der Waals surface area contributed by atoms with Crippen molar-refractivity contribution in [2.45, 2.75) is 25.9 Å². The zero-order valence-electron chi connectivity index (χ0n) is 8.68. The maximum Gasteiger partial charge on any atom is 0.202 e. The molecule has 86 valence electrons. The van der Waals surface area contributed by atoms with Gasteiger partial charge in [-0.05, 0) is 36.0 Å². The van der Waals surface area contributed by atoms with Gasteiger partial charge in [0.1, 0.15) is 0 Å². The smallest absolute Gasteiger partial charge is 0.202 e. The van der Waals surface area contributed by atoms with Gasteiger partial charge in [-0.15, -0.1) is 0 Å². The van der Waals surface area contributed by atoms with Gasteiger partial charge in [0.2, 0.25) is 10.6 Å². The molecular formula is C10H12Cl2N4. The lowest BCUT2D eigenvalue weighted by Gasteiger charge is -2.05. The summed E-state index contributed by atoms with van der Waals surface area (Å²) in [7, 11) is 0. The average molecular weight is 259 g/mol. The number of aromatic nitrogens is 4. The lowest BCUT2D eigenvalue weighted by atomic mass is 10.3. The Morgan fingerprint density at radius 3 is 1.62 bits per heavy atom. The minimum Gasteiger partial charge on any atom is -0.322 e. The number of rotatable bonds is 5. The highest BCUT2D eigenvalue weighted by Crippen LogP contribution is 2.09. The summed E-state index contributed by atoms with van der Waals surface area (Å²) in [6.45, 7) is 1.76. The second-order valence-electron chi connectivity index (χ2n) is 3.49. The Hall–Kier alpha value is -1.00. The van der Waals surface area contributed by atoms with Crippen LogP contribution in [0.2, 0.25) is 10.6 Å². The standard InChI is InChI=1S/C10H12Cl2N4/c11-9-13-3-7-15(9)5-1-2-6-16-8-4-14-10(16)12/h3-4,7-8H,1-2,5-6H2. The van der Waals surface area contributed by atoms with E-state index in [4.69, 9.17) is 23.2 Å². The first-order chi connectivity index (χ1) is 7.77. The van der Waals surface area contributed by atoms with E-state index in [2.05, 4.69) is 9.97 Å². The summed E-state index contributed by atoms with van der Waals surface area (Å²) >= 11 is 11.7. The van der Waals surface area contributed by atoms with Crippen LogP contribution in [0.25, 0.3) is 0 Å². The first kappa shape index (κ1) is 11.5. The van der Waals surface area contributed by atoms with Crippen LogP contribution >= 0.6 is 23.2 Å². The Labute approximate surface area is 104 Å². The monoisotopic (exact) mass is 258 g/mol. The van der Waals surface area contributed by atoms with Gasteiger partial charge in [-0.25, -0.2) is 9.97 Å². The molecule has 0 radical (unpaired) electrons. The molecule has 0 aliphatic heterocycles. The van der Waals surface area contributed by atoms with Gasteiger partial charge < -0.3 is 9.13 Å². The van der Waals surface area contributed by atoms with Crippen molar-refractivity contribution in [3.63, 3.8) is 0 Å². The molecule has 16 heavy (non-hydrogen) atoms. The normalized spacial score (nSPS) is 10.9. The number of unbranched alkanes of at least 4 members (excludes halogenated alkanes) is 1. The largest absolute Gasteiger partial charge is 0.322 e. The molecule has 6 heteroatoms. The molecule has 0 aliphatic rings. The van der Waals surface area contributed by atoms with Crippen LogP contribution in [0.15, 0.2) is 24.8 Å². The van der Waals surface area contributed by atoms with Crippen LogP contribution < -0.4 is 0 Å². The molecule has 0 fully saturated rings. The van der Waals surface area contributed by atoms with Crippen molar-refractivity contribution in [1.29, 1.82) is 0 Å². The van der Waals surface area contributed by atoms with Gasteiger partial charge in [-0.2, -0.15) is 0 Å². The fourth-order valence-electron chi connectivity index (χ4n) is 1.52. The summed E-state index contributed by atoms with van der Waals surface area (Å²) in [6, 6.07) is 0. The molecule has 0 unspecified atom stereocenters. The molecule has 0 saturated heterocycles. The average Bonchev–Trinajstić information content (AvgIpc) is 2.84. The van der Waals surface area contributed by atoms with E-state index in [0.29, 0.717) is 10.6 Å². The molecule has 2 aromatic rings. The van der Waals surface area contributed by atoms with E-state index in [0.717, 1.165) is 25.9 Å². The fraction of sp³-hybridized carbons (Fsp3) is 0.400. The van der Waals surface area contributed by atoms with Gasteiger partial charge in [-0.1, -0.05) is 0 Å². The van der Waals surface area contributed by atoms with Gasteiger partial charge >= 0.3 is 0 Å². The highest BCUT2D eigenvalue weighted by Gasteiger charge is 2.00. The Bertz CT molecular complexity index is 407. The SMILES string of the molecule is Clc1nccn1CCCCn1ccnc1Cl. The first-order valence-electron chi connectivity index (χ1n) is 5.10. The first-order valence-corrected chi connectivity index (χ1v) is 5.86. The number of hydrogen-bond acceptors (Lipinski definition) is 2. The molecule has 0 saturated carbocycles. The molecule has 0 N–H and O–H groups in total. The van der Waals surface area contributed by atoms with Crippen molar-refractivity contribution < 1.29 is 0 Å². The highest BCUT2D eigenvalue weighted by atomic mass is 35.5. The minimum absolute atomic E-state index is 0.542. The zero-order valence-corrected chi connectivity index (χ0v) is 10.2. The molecule has 2 rings (SSSR count). The van der Waals surface area contributed by atoms with Gasteiger partial charge in [0, 0.05) is 37.9 Å².